The van der Waals surface area contributed by atoms with Crippen LogP contribution in [0.2, 0.25) is 0 Å². The van der Waals surface area contributed by atoms with Gasteiger partial charge in [-0.25, -0.2) is 0 Å². The van der Waals surface area contributed by atoms with E-state index in [0.717, 1.165) is 5.69 Å². The summed E-state index contributed by atoms with van der Waals surface area (Å²) >= 11 is 0. The van der Waals surface area contributed by atoms with Crippen molar-refractivity contribution < 1.29 is 0 Å². The Morgan fingerprint density at radius 2 is 2.09 bits per heavy atom. The molecule has 0 amide bonds. The molecule has 0 aliphatic carbocycles. The lowest BCUT2D eigenvalue weighted by molar-refractivity contribution is 0.362. The van der Waals surface area contributed by atoms with Crippen LogP contribution in [0.25, 0.3) is 0 Å². The summed E-state index contributed by atoms with van der Waals surface area (Å²) in [5.74, 6) is 0.576. The van der Waals surface area contributed by atoms with Crippen molar-refractivity contribution in [3.8, 4) is 0 Å². The Bertz CT molecular complexity index is 211. The van der Waals surface area contributed by atoms with Crippen molar-refractivity contribution in [1.82, 2.24) is 15.4 Å². The molecule has 1 aromatic heterocycles. The Hall–Kier alpha value is -0.860. The van der Waals surface area contributed by atoms with Gasteiger partial charge in [0.25, 0.3) is 0 Å². The van der Waals surface area contributed by atoms with Crippen LogP contribution in [0, 0.1) is 5.92 Å². The lowest BCUT2D eigenvalue weighted by Gasteiger charge is -2.26. The van der Waals surface area contributed by atoms with Gasteiger partial charge in [0, 0.05) is 5.41 Å². The molecule has 0 aliphatic heterocycles. The van der Waals surface area contributed by atoms with Crippen LogP contribution in [0.1, 0.15) is 33.4 Å². The highest BCUT2D eigenvalue weighted by atomic mass is 15.3. The highest BCUT2D eigenvalue weighted by molar-refractivity contribution is 5.08. The van der Waals surface area contributed by atoms with E-state index < -0.39 is 0 Å². The quantitative estimate of drug-likeness (QED) is 0.703. The van der Waals surface area contributed by atoms with E-state index >= 15 is 0 Å². The van der Waals surface area contributed by atoms with Crippen molar-refractivity contribution in [3.05, 3.63) is 11.9 Å². The summed E-state index contributed by atoms with van der Waals surface area (Å²) < 4.78 is 0. The maximum atomic E-state index is 4.07. The second-order valence-corrected chi connectivity index (χ2v) is 3.73. The van der Waals surface area contributed by atoms with Crippen LogP contribution in [0.15, 0.2) is 6.20 Å². The SMILES string of the molecule is CC(C)C(C)(C)c1cn[nH]n1. The van der Waals surface area contributed by atoms with E-state index in [1.807, 2.05) is 0 Å². The minimum atomic E-state index is 0.118. The molecule has 0 aliphatic rings. The normalized spacial score (nSPS) is 12.5. The third kappa shape index (κ3) is 1.42. The zero-order chi connectivity index (χ0) is 8.48. The highest BCUT2D eigenvalue weighted by Gasteiger charge is 2.26. The summed E-state index contributed by atoms with van der Waals surface area (Å²) in [7, 11) is 0. The van der Waals surface area contributed by atoms with E-state index in [0.29, 0.717) is 5.92 Å². The molecule has 0 atom stereocenters. The van der Waals surface area contributed by atoms with E-state index in [1.54, 1.807) is 6.20 Å². The number of nitrogens with zero attached hydrogens (tertiary/aromatic N) is 2. The minimum absolute atomic E-state index is 0.118. The molecular weight excluding hydrogens is 138 g/mol. The van der Waals surface area contributed by atoms with Gasteiger partial charge in [0.1, 0.15) is 0 Å². The van der Waals surface area contributed by atoms with Crippen LogP contribution < -0.4 is 0 Å². The topological polar surface area (TPSA) is 41.6 Å². The van der Waals surface area contributed by atoms with Gasteiger partial charge in [0.2, 0.25) is 0 Å². The summed E-state index contributed by atoms with van der Waals surface area (Å²) in [6.07, 6.45) is 1.79. The van der Waals surface area contributed by atoms with Crippen molar-refractivity contribution in [1.29, 1.82) is 0 Å². The Morgan fingerprint density at radius 3 is 2.45 bits per heavy atom. The molecule has 11 heavy (non-hydrogen) atoms. The van der Waals surface area contributed by atoms with E-state index in [2.05, 4.69) is 43.1 Å². The average molecular weight is 153 g/mol. The maximum absolute atomic E-state index is 4.07. The Morgan fingerprint density at radius 1 is 1.45 bits per heavy atom. The first-order chi connectivity index (χ1) is 5.05. The number of nitrogens with one attached hydrogen (secondary N) is 1. The van der Waals surface area contributed by atoms with E-state index in [4.69, 9.17) is 0 Å². The second-order valence-electron chi connectivity index (χ2n) is 3.73. The lowest BCUT2D eigenvalue weighted by Crippen LogP contribution is -2.24. The third-order valence-electron chi connectivity index (χ3n) is 2.52. The number of H-pyrrole nitrogens is 1. The standard InChI is InChI=1S/C8H15N3/c1-6(2)8(3,4)7-5-9-11-10-7/h5-6H,1-4H3,(H,9,10,11). The van der Waals surface area contributed by atoms with Gasteiger partial charge >= 0.3 is 0 Å². The molecule has 0 saturated heterocycles. The van der Waals surface area contributed by atoms with Gasteiger partial charge in [0.15, 0.2) is 0 Å². The third-order valence-corrected chi connectivity index (χ3v) is 2.52. The molecular formula is C8H15N3. The lowest BCUT2D eigenvalue weighted by atomic mass is 9.79. The van der Waals surface area contributed by atoms with Crippen LogP contribution in [0.4, 0.5) is 0 Å². The first-order valence-corrected chi connectivity index (χ1v) is 3.91. The van der Waals surface area contributed by atoms with Crippen LogP contribution in [0.3, 0.4) is 0 Å². The fraction of sp³-hybridized carbons (Fsp3) is 0.750. The first-order valence-electron chi connectivity index (χ1n) is 3.91. The minimum Gasteiger partial charge on any atom is -0.198 e. The Balaban J connectivity index is 2.90. The molecule has 62 valence electrons. The first kappa shape index (κ1) is 8.24. The summed E-state index contributed by atoms with van der Waals surface area (Å²) in [4.78, 5) is 0. The molecule has 3 heteroatoms. The van der Waals surface area contributed by atoms with Gasteiger partial charge in [-0.15, -0.1) is 0 Å². The van der Waals surface area contributed by atoms with Gasteiger partial charge in [-0.3, -0.25) is 0 Å². The van der Waals surface area contributed by atoms with Gasteiger partial charge < -0.3 is 0 Å². The second kappa shape index (κ2) is 2.64. The zero-order valence-corrected chi connectivity index (χ0v) is 7.55. The fourth-order valence-corrected chi connectivity index (χ4v) is 0.808. The van der Waals surface area contributed by atoms with Crippen molar-refractivity contribution >= 4 is 0 Å². The molecule has 0 bridgehead atoms. The monoisotopic (exact) mass is 153 g/mol. The number of aromatic nitrogens is 3. The summed E-state index contributed by atoms with van der Waals surface area (Å²) in [5.41, 5.74) is 1.15. The molecule has 0 aromatic carbocycles. The number of hydrogen-bond donors (Lipinski definition) is 1. The van der Waals surface area contributed by atoms with Crippen LogP contribution in [0.5, 0.6) is 0 Å². The molecule has 0 spiro atoms. The summed E-state index contributed by atoms with van der Waals surface area (Å²) in [6, 6.07) is 0. The Kier molecular flexibility index (Phi) is 1.98. The van der Waals surface area contributed by atoms with E-state index in [1.165, 1.54) is 0 Å². The largest absolute Gasteiger partial charge is 0.198 e. The van der Waals surface area contributed by atoms with Crippen molar-refractivity contribution in [3.63, 3.8) is 0 Å². The summed E-state index contributed by atoms with van der Waals surface area (Å²) in [6.45, 7) is 8.73. The van der Waals surface area contributed by atoms with E-state index in [9.17, 15) is 0 Å². The molecule has 0 fully saturated rings. The molecule has 3 nitrogen and oxygen atoms in total. The molecule has 1 aromatic rings. The molecule has 1 heterocycles. The molecule has 1 rings (SSSR count). The van der Waals surface area contributed by atoms with Gasteiger partial charge in [-0.1, -0.05) is 27.7 Å². The van der Waals surface area contributed by atoms with Crippen LogP contribution in [-0.4, -0.2) is 15.4 Å². The van der Waals surface area contributed by atoms with Gasteiger partial charge in [0.05, 0.1) is 11.9 Å². The number of aromatic amines is 1. The molecule has 0 unspecified atom stereocenters. The molecule has 0 saturated carbocycles. The number of rotatable bonds is 2. The fourth-order valence-electron chi connectivity index (χ4n) is 0.808. The highest BCUT2D eigenvalue weighted by Crippen LogP contribution is 2.28. The smallest absolute Gasteiger partial charge is 0.0883 e. The van der Waals surface area contributed by atoms with Crippen molar-refractivity contribution in [2.45, 2.75) is 33.1 Å². The summed E-state index contributed by atoms with van der Waals surface area (Å²) in [5, 5.41) is 10.5. The van der Waals surface area contributed by atoms with Gasteiger partial charge in [-0.2, -0.15) is 15.4 Å². The van der Waals surface area contributed by atoms with Crippen molar-refractivity contribution in [2.75, 3.05) is 0 Å². The number of hydrogen-bond acceptors (Lipinski definition) is 2. The zero-order valence-electron chi connectivity index (χ0n) is 7.55. The van der Waals surface area contributed by atoms with Gasteiger partial charge in [-0.05, 0) is 5.92 Å². The molecule has 1 N–H and O–H groups in total. The van der Waals surface area contributed by atoms with Crippen LogP contribution in [-0.2, 0) is 5.41 Å². The van der Waals surface area contributed by atoms with Crippen molar-refractivity contribution in [2.24, 2.45) is 5.92 Å². The Labute approximate surface area is 67.2 Å². The van der Waals surface area contributed by atoms with E-state index in [-0.39, 0.29) is 5.41 Å². The predicted octanol–water partition coefficient (Wildman–Crippen LogP) is 1.74. The maximum Gasteiger partial charge on any atom is 0.0883 e. The average Bonchev–Trinajstić information content (AvgIpc) is 2.37. The van der Waals surface area contributed by atoms with Crippen LogP contribution >= 0.6 is 0 Å². The molecule has 0 radical (unpaired) electrons. The predicted molar refractivity (Wildman–Crippen MR) is 44.2 cm³/mol.